The lowest BCUT2D eigenvalue weighted by Crippen LogP contribution is -2.45. The number of hydrogen-bond donors (Lipinski definition) is 3. The van der Waals surface area contributed by atoms with E-state index in [0.29, 0.717) is 11.4 Å². The van der Waals surface area contributed by atoms with E-state index in [0.717, 1.165) is 13.0 Å². The van der Waals surface area contributed by atoms with E-state index in [1.807, 2.05) is 18.5 Å². The van der Waals surface area contributed by atoms with Crippen molar-refractivity contribution in [3.63, 3.8) is 0 Å². The first-order chi connectivity index (χ1) is 8.65. The van der Waals surface area contributed by atoms with E-state index < -0.39 is 6.04 Å². The Kier molecular flexibility index (Phi) is 6.38. The van der Waals surface area contributed by atoms with Crippen LogP contribution in [0.3, 0.4) is 0 Å². The molecule has 3 N–H and O–H groups in total. The average Bonchev–Trinajstić information content (AvgIpc) is 2.88. The van der Waals surface area contributed by atoms with Crippen LogP contribution >= 0.6 is 11.3 Å². The topological polar surface area (TPSA) is 70.2 Å². The van der Waals surface area contributed by atoms with Gasteiger partial charge >= 0.3 is 0 Å². The van der Waals surface area contributed by atoms with Crippen LogP contribution in [-0.4, -0.2) is 38.0 Å². The van der Waals surface area contributed by atoms with Crippen molar-refractivity contribution in [3.05, 3.63) is 22.4 Å². The Labute approximate surface area is 111 Å². The van der Waals surface area contributed by atoms with Crippen LogP contribution < -0.4 is 16.0 Å². The molecule has 1 rings (SSSR count). The van der Waals surface area contributed by atoms with Crippen molar-refractivity contribution in [1.29, 1.82) is 0 Å². The van der Waals surface area contributed by atoms with E-state index in [4.69, 9.17) is 0 Å². The highest BCUT2D eigenvalue weighted by Crippen LogP contribution is 2.07. The predicted octanol–water partition coefficient (Wildman–Crippen LogP) is 0.592. The fourth-order valence-corrected chi connectivity index (χ4v) is 2.00. The Balaban J connectivity index is 2.29. The fourth-order valence-electron chi connectivity index (χ4n) is 1.37. The number of carbonyl (C=O) groups excluding carboxylic acids is 2. The van der Waals surface area contributed by atoms with Gasteiger partial charge in [-0.3, -0.25) is 9.59 Å². The van der Waals surface area contributed by atoms with Crippen LogP contribution in [0.2, 0.25) is 0 Å². The molecule has 1 aromatic heterocycles. The van der Waals surface area contributed by atoms with Crippen molar-refractivity contribution >= 4 is 23.2 Å². The molecule has 0 aliphatic heterocycles. The van der Waals surface area contributed by atoms with E-state index in [1.54, 1.807) is 13.0 Å². The van der Waals surface area contributed by atoms with Gasteiger partial charge in [-0.25, -0.2) is 0 Å². The van der Waals surface area contributed by atoms with Crippen LogP contribution in [0.15, 0.2) is 17.5 Å². The lowest BCUT2D eigenvalue weighted by molar-refractivity contribution is -0.122. The minimum absolute atomic E-state index is 0.156. The zero-order chi connectivity index (χ0) is 13.4. The Morgan fingerprint density at radius 2 is 2.17 bits per heavy atom. The molecule has 5 nitrogen and oxygen atoms in total. The number of nitrogens with one attached hydrogen (secondary N) is 3. The first kappa shape index (κ1) is 14.7. The first-order valence-corrected chi connectivity index (χ1v) is 6.79. The molecule has 0 bridgehead atoms. The molecule has 1 atom stereocenters. The van der Waals surface area contributed by atoms with Gasteiger partial charge in [-0.1, -0.05) is 6.07 Å². The third kappa shape index (κ3) is 4.85. The van der Waals surface area contributed by atoms with Crippen LogP contribution in [0.1, 0.15) is 23.0 Å². The predicted molar refractivity (Wildman–Crippen MR) is 72.8 cm³/mol. The molecule has 0 saturated heterocycles. The van der Waals surface area contributed by atoms with Gasteiger partial charge in [-0.05, 0) is 38.4 Å². The van der Waals surface area contributed by atoms with Crippen LogP contribution in [0.25, 0.3) is 0 Å². The number of rotatable bonds is 7. The maximum Gasteiger partial charge on any atom is 0.261 e. The van der Waals surface area contributed by atoms with Gasteiger partial charge in [0.2, 0.25) is 5.91 Å². The van der Waals surface area contributed by atoms with Crippen molar-refractivity contribution in [2.24, 2.45) is 0 Å². The van der Waals surface area contributed by atoms with Crippen molar-refractivity contribution in [3.8, 4) is 0 Å². The average molecular weight is 269 g/mol. The van der Waals surface area contributed by atoms with E-state index in [9.17, 15) is 9.59 Å². The standard InChI is InChI=1S/C12H19N3O2S/c1-9(11(16)14-7-4-6-13-2)15-12(17)10-5-3-8-18-10/h3,5,8-9,13H,4,6-7H2,1-2H3,(H,14,16)(H,15,17). The second kappa shape index (κ2) is 7.84. The SMILES string of the molecule is CNCCCNC(=O)C(C)NC(=O)c1cccs1. The summed E-state index contributed by atoms with van der Waals surface area (Å²) in [5.41, 5.74) is 0. The van der Waals surface area contributed by atoms with Crippen molar-refractivity contribution in [2.75, 3.05) is 20.1 Å². The summed E-state index contributed by atoms with van der Waals surface area (Å²) >= 11 is 1.36. The quantitative estimate of drug-likeness (QED) is 0.635. The first-order valence-electron chi connectivity index (χ1n) is 5.92. The summed E-state index contributed by atoms with van der Waals surface area (Å²) in [5.74, 6) is -0.362. The van der Waals surface area contributed by atoms with Gasteiger partial charge in [0.15, 0.2) is 0 Å². The molecule has 0 fully saturated rings. The summed E-state index contributed by atoms with van der Waals surface area (Å²) in [5, 5.41) is 10.3. The van der Waals surface area contributed by atoms with Gasteiger partial charge in [0.25, 0.3) is 5.91 Å². The molecule has 0 radical (unpaired) electrons. The van der Waals surface area contributed by atoms with E-state index >= 15 is 0 Å². The fraction of sp³-hybridized carbons (Fsp3) is 0.500. The third-order valence-corrected chi connectivity index (χ3v) is 3.26. The Bertz CT molecular complexity index is 379. The maximum absolute atomic E-state index is 11.7. The summed E-state index contributed by atoms with van der Waals surface area (Å²) in [4.78, 5) is 24.0. The van der Waals surface area contributed by atoms with Crippen LogP contribution in [0.5, 0.6) is 0 Å². The molecule has 1 heterocycles. The van der Waals surface area contributed by atoms with Crippen LogP contribution in [-0.2, 0) is 4.79 Å². The van der Waals surface area contributed by atoms with Crippen molar-refractivity contribution in [1.82, 2.24) is 16.0 Å². The zero-order valence-corrected chi connectivity index (χ0v) is 11.5. The number of thiophene rings is 1. The van der Waals surface area contributed by atoms with E-state index in [1.165, 1.54) is 11.3 Å². The molecule has 100 valence electrons. The number of amides is 2. The Morgan fingerprint density at radius 1 is 1.39 bits per heavy atom. The molecule has 0 aliphatic rings. The lowest BCUT2D eigenvalue weighted by Gasteiger charge is -2.13. The normalized spacial score (nSPS) is 11.9. The molecular weight excluding hydrogens is 250 g/mol. The smallest absolute Gasteiger partial charge is 0.261 e. The Hall–Kier alpha value is -1.40. The minimum Gasteiger partial charge on any atom is -0.354 e. The molecule has 6 heteroatoms. The summed E-state index contributed by atoms with van der Waals surface area (Å²) in [6.45, 7) is 3.15. The maximum atomic E-state index is 11.7. The van der Waals surface area contributed by atoms with Gasteiger partial charge < -0.3 is 16.0 Å². The highest BCUT2D eigenvalue weighted by atomic mass is 32.1. The van der Waals surface area contributed by atoms with Crippen molar-refractivity contribution < 1.29 is 9.59 Å². The van der Waals surface area contributed by atoms with Gasteiger partial charge in [-0.2, -0.15) is 0 Å². The summed E-state index contributed by atoms with van der Waals surface area (Å²) in [6, 6.07) is 3.02. The second-order valence-electron chi connectivity index (χ2n) is 3.92. The zero-order valence-electron chi connectivity index (χ0n) is 10.7. The molecule has 2 amide bonds. The van der Waals surface area contributed by atoms with Crippen molar-refractivity contribution in [2.45, 2.75) is 19.4 Å². The van der Waals surface area contributed by atoms with Gasteiger partial charge in [-0.15, -0.1) is 11.3 Å². The van der Waals surface area contributed by atoms with E-state index in [-0.39, 0.29) is 11.8 Å². The molecule has 18 heavy (non-hydrogen) atoms. The molecule has 0 saturated carbocycles. The number of hydrogen-bond acceptors (Lipinski definition) is 4. The molecular formula is C12H19N3O2S. The number of carbonyl (C=O) groups is 2. The highest BCUT2D eigenvalue weighted by molar-refractivity contribution is 7.12. The van der Waals surface area contributed by atoms with Crippen LogP contribution in [0.4, 0.5) is 0 Å². The highest BCUT2D eigenvalue weighted by Gasteiger charge is 2.16. The summed E-state index contributed by atoms with van der Waals surface area (Å²) in [7, 11) is 1.87. The van der Waals surface area contributed by atoms with Crippen LogP contribution in [0, 0.1) is 0 Å². The van der Waals surface area contributed by atoms with Gasteiger partial charge in [0.05, 0.1) is 4.88 Å². The van der Waals surface area contributed by atoms with Gasteiger partial charge in [0, 0.05) is 6.54 Å². The second-order valence-corrected chi connectivity index (χ2v) is 4.87. The minimum atomic E-state index is -0.519. The molecule has 1 unspecified atom stereocenters. The van der Waals surface area contributed by atoms with Gasteiger partial charge in [0.1, 0.15) is 6.04 Å². The summed E-state index contributed by atoms with van der Waals surface area (Å²) in [6.07, 6.45) is 0.869. The monoisotopic (exact) mass is 269 g/mol. The molecule has 1 aromatic rings. The largest absolute Gasteiger partial charge is 0.354 e. The third-order valence-electron chi connectivity index (χ3n) is 2.39. The Morgan fingerprint density at radius 3 is 2.78 bits per heavy atom. The lowest BCUT2D eigenvalue weighted by atomic mass is 10.3. The molecule has 0 aliphatic carbocycles. The summed E-state index contributed by atoms with van der Waals surface area (Å²) < 4.78 is 0. The molecule has 0 spiro atoms. The molecule has 0 aromatic carbocycles. The van der Waals surface area contributed by atoms with E-state index in [2.05, 4.69) is 16.0 Å².